The van der Waals surface area contributed by atoms with Gasteiger partial charge < -0.3 is 15.0 Å². The van der Waals surface area contributed by atoms with Gasteiger partial charge in [0, 0.05) is 38.4 Å². The molecule has 0 unspecified atom stereocenters. The maximum Gasteiger partial charge on any atom is 0.259 e. The van der Waals surface area contributed by atoms with E-state index in [2.05, 4.69) is 15.3 Å². The number of likely N-dealkylation sites (N-methyl/N-ethyl adjacent to an activating group) is 1. The van der Waals surface area contributed by atoms with E-state index in [1.54, 1.807) is 73.8 Å². The maximum absolute atomic E-state index is 12.3. The second-order valence-electron chi connectivity index (χ2n) is 5.93. The molecule has 1 N–H and O–H groups in total. The summed E-state index contributed by atoms with van der Waals surface area (Å²) in [5.41, 5.74) is 1.06. The molecule has 8 heteroatoms. The summed E-state index contributed by atoms with van der Waals surface area (Å²) < 4.78 is 7.15. The highest BCUT2D eigenvalue weighted by molar-refractivity contribution is 6.04. The number of ether oxygens (including phenoxy) is 1. The maximum atomic E-state index is 12.3. The number of amides is 2. The van der Waals surface area contributed by atoms with E-state index in [0.717, 1.165) is 0 Å². The third kappa shape index (κ3) is 4.69. The Morgan fingerprint density at radius 2 is 1.93 bits per heavy atom. The highest BCUT2D eigenvalue weighted by Crippen LogP contribution is 2.17. The second kappa shape index (κ2) is 8.13. The van der Waals surface area contributed by atoms with Crippen molar-refractivity contribution in [3.8, 4) is 11.6 Å². The van der Waals surface area contributed by atoms with Crippen LogP contribution in [0.2, 0.25) is 0 Å². The first-order valence-corrected chi connectivity index (χ1v) is 8.21. The number of carbonyl (C=O) groups is 2. The molecule has 0 bridgehead atoms. The summed E-state index contributed by atoms with van der Waals surface area (Å²) in [6.07, 6.45) is 6.58. The van der Waals surface area contributed by atoms with Crippen molar-refractivity contribution in [1.29, 1.82) is 0 Å². The number of rotatable bonds is 6. The molecular weight excluding hydrogens is 346 g/mol. The molecule has 3 rings (SSSR count). The predicted molar refractivity (Wildman–Crippen MR) is 99.9 cm³/mol. The first kappa shape index (κ1) is 18.1. The highest BCUT2D eigenvalue weighted by atomic mass is 16.5. The van der Waals surface area contributed by atoms with E-state index in [-0.39, 0.29) is 18.4 Å². The quantitative estimate of drug-likeness (QED) is 0.722. The molecule has 0 atom stereocenters. The zero-order valence-corrected chi connectivity index (χ0v) is 15.0. The Morgan fingerprint density at radius 3 is 2.52 bits per heavy atom. The van der Waals surface area contributed by atoms with E-state index in [9.17, 15) is 9.59 Å². The van der Waals surface area contributed by atoms with Crippen LogP contribution in [0.25, 0.3) is 5.82 Å². The highest BCUT2D eigenvalue weighted by Gasteiger charge is 2.08. The van der Waals surface area contributed by atoms with Crippen LogP contribution in [0.3, 0.4) is 0 Å². The molecule has 2 amide bonds. The van der Waals surface area contributed by atoms with Gasteiger partial charge in [0.25, 0.3) is 11.8 Å². The average molecular weight is 365 g/mol. The van der Waals surface area contributed by atoms with Gasteiger partial charge in [-0.3, -0.25) is 14.2 Å². The largest absolute Gasteiger partial charge is 0.484 e. The number of anilines is 1. The Bertz CT molecular complexity index is 904. The van der Waals surface area contributed by atoms with E-state index in [4.69, 9.17) is 4.74 Å². The SMILES string of the molecule is CN(C)C(=O)COc1ccc(NC(=O)c2ccc(-n3ccnc3)nc2)cc1. The van der Waals surface area contributed by atoms with E-state index in [0.29, 0.717) is 22.8 Å². The van der Waals surface area contributed by atoms with Crippen LogP contribution >= 0.6 is 0 Å². The molecule has 3 aromatic rings. The fourth-order valence-corrected chi connectivity index (χ4v) is 2.18. The Kier molecular flexibility index (Phi) is 5.46. The molecule has 0 aliphatic heterocycles. The smallest absolute Gasteiger partial charge is 0.259 e. The van der Waals surface area contributed by atoms with Gasteiger partial charge in [-0.1, -0.05) is 0 Å². The van der Waals surface area contributed by atoms with Crippen molar-refractivity contribution in [3.05, 3.63) is 66.9 Å². The van der Waals surface area contributed by atoms with Crippen LogP contribution in [-0.2, 0) is 4.79 Å². The van der Waals surface area contributed by atoms with Gasteiger partial charge in [0.1, 0.15) is 17.9 Å². The molecule has 0 spiro atoms. The van der Waals surface area contributed by atoms with Crippen molar-refractivity contribution in [2.24, 2.45) is 0 Å². The number of pyridine rings is 1. The van der Waals surface area contributed by atoms with E-state index in [1.807, 2.05) is 0 Å². The zero-order valence-electron chi connectivity index (χ0n) is 15.0. The first-order chi connectivity index (χ1) is 13.0. The molecule has 0 radical (unpaired) electrons. The lowest BCUT2D eigenvalue weighted by Crippen LogP contribution is -2.27. The van der Waals surface area contributed by atoms with Crippen LogP contribution in [0.4, 0.5) is 5.69 Å². The number of nitrogens with one attached hydrogen (secondary N) is 1. The number of imidazole rings is 1. The normalized spacial score (nSPS) is 10.3. The molecule has 0 fully saturated rings. The van der Waals surface area contributed by atoms with Gasteiger partial charge >= 0.3 is 0 Å². The number of benzene rings is 1. The number of nitrogens with zero attached hydrogens (tertiary/aromatic N) is 4. The fourth-order valence-electron chi connectivity index (χ4n) is 2.18. The molecule has 0 saturated carbocycles. The minimum Gasteiger partial charge on any atom is -0.484 e. The Hall–Kier alpha value is -3.68. The van der Waals surface area contributed by atoms with Gasteiger partial charge in [0.15, 0.2) is 6.61 Å². The van der Waals surface area contributed by atoms with Crippen LogP contribution in [-0.4, -0.2) is 52.0 Å². The van der Waals surface area contributed by atoms with Crippen molar-refractivity contribution < 1.29 is 14.3 Å². The van der Waals surface area contributed by atoms with E-state index >= 15 is 0 Å². The van der Waals surface area contributed by atoms with Gasteiger partial charge in [-0.05, 0) is 36.4 Å². The summed E-state index contributed by atoms with van der Waals surface area (Å²) in [5, 5.41) is 2.79. The third-order valence-corrected chi connectivity index (χ3v) is 3.75. The summed E-state index contributed by atoms with van der Waals surface area (Å²) in [6, 6.07) is 10.2. The second-order valence-corrected chi connectivity index (χ2v) is 5.93. The van der Waals surface area contributed by atoms with Gasteiger partial charge in [-0.2, -0.15) is 0 Å². The fraction of sp³-hybridized carbons (Fsp3) is 0.158. The lowest BCUT2D eigenvalue weighted by atomic mass is 10.2. The predicted octanol–water partition coefficient (Wildman–Crippen LogP) is 1.99. The van der Waals surface area contributed by atoms with Gasteiger partial charge in [-0.15, -0.1) is 0 Å². The van der Waals surface area contributed by atoms with Crippen LogP contribution in [0, 0.1) is 0 Å². The number of carbonyl (C=O) groups excluding carboxylic acids is 2. The number of hydrogen-bond donors (Lipinski definition) is 1. The van der Waals surface area contributed by atoms with Gasteiger partial charge in [0.05, 0.1) is 5.56 Å². The molecule has 0 aliphatic rings. The molecule has 138 valence electrons. The molecule has 8 nitrogen and oxygen atoms in total. The van der Waals surface area contributed by atoms with Crippen molar-refractivity contribution in [1.82, 2.24) is 19.4 Å². The minimum atomic E-state index is -0.267. The number of aromatic nitrogens is 3. The number of hydrogen-bond acceptors (Lipinski definition) is 5. The average Bonchev–Trinajstić information content (AvgIpc) is 3.22. The molecule has 1 aromatic carbocycles. The van der Waals surface area contributed by atoms with Crippen LogP contribution in [0.1, 0.15) is 10.4 Å². The van der Waals surface area contributed by atoms with Crippen LogP contribution in [0.15, 0.2) is 61.3 Å². The molecular formula is C19H19N5O3. The van der Waals surface area contributed by atoms with Gasteiger partial charge in [0.2, 0.25) is 0 Å². The van der Waals surface area contributed by atoms with Crippen molar-refractivity contribution in [3.63, 3.8) is 0 Å². The summed E-state index contributed by atoms with van der Waals surface area (Å²) in [7, 11) is 3.34. The summed E-state index contributed by atoms with van der Waals surface area (Å²) in [5.74, 6) is 0.836. The van der Waals surface area contributed by atoms with Crippen molar-refractivity contribution in [2.45, 2.75) is 0 Å². The van der Waals surface area contributed by atoms with E-state index in [1.165, 1.54) is 11.1 Å². The summed E-state index contributed by atoms with van der Waals surface area (Å²) >= 11 is 0. The molecule has 0 saturated heterocycles. The Balaban J connectivity index is 1.58. The lowest BCUT2D eigenvalue weighted by Gasteiger charge is -2.12. The lowest BCUT2D eigenvalue weighted by molar-refractivity contribution is -0.130. The Labute approximate surface area is 156 Å². The summed E-state index contributed by atoms with van der Waals surface area (Å²) in [6.45, 7) is -0.0341. The van der Waals surface area contributed by atoms with Crippen LogP contribution < -0.4 is 10.1 Å². The standard InChI is InChI=1S/C19H19N5O3/c1-23(2)18(25)12-27-16-6-4-15(5-7-16)22-19(26)14-3-8-17(21-11-14)24-10-9-20-13-24/h3-11,13H,12H2,1-2H3,(H,22,26). The molecule has 0 aliphatic carbocycles. The monoisotopic (exact) mass is 365 g/mol. The third-order valence-electron chi connectivity index (χ3n) is 3.75. The van der Waals surface area contributed by atoms with Gasteiger partial charge in [-0.25, -0.2) is 9.97 Å². The topological polar surface area (TPSA) is 89.4 Å². The molecule has 27 heavy (non-hydrogen) atoms. The zero-order chi connectivity index (χ0) is 19.2. The van der Waals surface area contributed by atoms with Crippen molar-refractivity contribution in [2.75, 3.05) is 26.0 Å². The molecule has 2 aromatic heterocycles. The molecule has 2 heterocycles. The Morgan fingerprint density at radius 1 is 1.15 bits per heavy atom. The first-order valence-electron chi connectivity index (χ1n) is 8.21. The minimum absolute atomic E-state index is 0.0341. The van der Waals surface area contributed by atoms with Crippen LogP contribution in [0.5, 0.6) is 5.75 Å². The van der Waals surface area contributed by atoms with E-state index < -0.39 is 0 Å². The van der Waals surface area contributed by atoms with Crippen molar-refractivity contribution >= 4 is 17.5 Å². The summed E-state index contributed by atoms with van der Waals surface area (Å²) in [4.78, 5) is 33.5.